The van der Waals surface area contributed by atoms with Crippen LogP contribution in [0.2, 0.25) is 0 Å². The van der Waals surface area contributed by atoms with E-state index in [-0.39, 0.29) is 48.9 Å². The normalized spacial score (nSPS) is 12.2. The molecule has 0 aliphatic rings. The molecule has 0 saturated carbocycles. The molecule has 1 unspecified atom stereocenters. The summed E-state index contributed by atoms with van der Waals surface area (Å²) >= 11 is 0. The van der Waals surface area contributed by atoms with Crippen molar-refractivity contribution in [3.05, 3.63) is 0 Å². The standard InChI is InChI=1S/C44H86N2O5/c1-8-14-18-22-26-30-40(31-27-23-19-15-9-2)43(48)50-36-34-46(42(47)38-39(7)45(12-5)13-6)35-37-51-44(49)41(32-28-24-20-16-10-3)33-29-25-21-17-11-4/h39-41H,8-38H2,1-7H3. The summed E-state index contributed by atoms with van der Waals surface area (Å²) in [7, 11) is 0. The van der Waals surface area contributed by atoms with Gasteiger partial charge in [0.15, 0.2) is 0 Å². The lowest BCUT2D eigenvalue weighted by molar-refractivity contribution is -0.152. The lowest BCUT2D eigenvalue weighted by Gasteiger charge is -2.29. The van der Waals surface area contributed by atoms with Crippen molar-refractivity contribution in [1.82, 2.24) is 9.80 Å². The first-order chi connectivity index (χ1) is 24.8. The molecule has 0 heterocycles. The smallest absolute Gasteiger partial charge is 0.308 e. The molecule has 1 atom stereocenters. The molecule has 0 spiro atoms. The first-order valence-electron chi connectivity index (χ1n) is 22.1. The maximum Gasteiger partial charge on any atom is 0.308 e. The van der Waals surface area contributed by atoms with E-state index >= 15 is 0 Å². The fraction of sp³-hybridized carbons (Fsp3) is 0.932. The molecule has 0 aliphatic heterocycles. The first kappa shape index (κ1) is 49.4. The summed E-state index contributed by atoms with van der Waals surface area (Å²) in [6.07, 6.45) is 27.6. The van der Waals surface area contributed by atoms with E-state index in [1.165, 1.54) is 77.0 Å². The molecule has 0 aliphatic carbocycles. The molecule has 1 amide bonds. The van der Waals surface area contributed by atoms with Gasteiger partial charge in [-0.05, 0) is 45.7 Å². The molecule has 0 saturated heterocycles. The Balaban J connectivity index is 5.40. The predicted molar refractivity (Wildman–Crippen MR) is 216 cm³/mol. The van der Waals surface area contributed by atoms with Crippen LogP contribution in [0.1, 0.15) is 209 Å². The van der Waals surface area contributed by atoms with Crippen LogP contribution in [0.4, 0.5) is 0 Å². The molecule has 7 heteroatoms. The first-order valence-corrected chi connectivity index (χ1v) is 22.1. The number of hydrogen-bond acceptors (Lipinski definition) is 6. The summed E-state index contributed by atoms with van der Waals surface area (Å²) in [6.45, 7) is 18.0. The highest BCUT2D eigenvalue weighted by molar-refractivity contribution is 5.77. The third-order valence-electron chi connectivity index (χ3n) is 10.8. The largest absolute Gasteiger partial charge is 0.464 e. The van der Waals surface area contributed by atoms with E-state index in [4.69, 9.17) is 9.47 Å². The van der Waals surface area contributed by atoms with Crippen LogP contribution in [-0.2, 0) is 23.9 Å². The molecule has 0 fully saturated rings. The molecule has 0 aromatic heterocycles. The van der Waals surface area contributed by atoms with Gasteiger partial charge < -0.3 is 19.3 Å². The molecule has 0 aromatic carbocycles. The number of rotatable bonds is 37. The number of carbonyl (C=O) groups is 3. The van der Waals surface area contributed by atoms with Gasteiger partial charge in [-0.2, -0.15) is 0 Å². The minimum absolute atomic E-state index is 0.0216. The van der Waals surface area contributed by atoms with Crippen LogP contribution >= 0.6 is 0 Å². The molecule has 7 nitrogen and oxygen atoms in total. The number of nitrogens with zero attached hydrogens (tertiary/aromatic N) is 2. The van der Waals surface area contributed by atoms with E-state index in [9.17, 15) is 14.4 Å². The number of hydrogen-bond donors (Lipinski definition) is 0. The molecule has 0 bridgehead atoms. The van der Waals surface area contributed by atoms with Crippen molar-refractivity contribution in [2.24, 2.45) is 11.8 Å². The number of ether oxygens (including phenoxy) is 2. The van der Waals surface area contributed by atoms with Gasteiger partial charge in [-0.3, -0.25) is 14.4 Å². The van der Waals surface area contributed by atoms with Gasteiger partial charge in [0, 0.05) is 12.5 Å². The zero-order chi connectivity index (χ0) is 38.0. The zero-order valence-electron chi connectivity index (χ0n) is 35.1. The van der Waals surface area contributed by atoms with Crippen LogP contribution in [0.3, 0.4) is 0 Å². The van der Waals surface area contributed by atoms with Crippen molar-refractivity contribution in [1.29, 1.82) is 0 Å². The molecular formula is C44H86N2O5. The van der Waals surface area contributed by atoms with Gasteiger partial charge in [-0.25, -0.2) is 0 Å². The van der Waals surface area contributed by atoms with Crippen LogP contribution in [-0.4, -0.2) is 73.1 Å². The Bertz CT molecular complexity index is 739. The van der Waals surface area contributed by atoms with Crippen LogP contribution in [0.15, 0.2) is 0 Å². The highest BCUT2D eigenvalue weighted by atomic mass is 16.5. The second kappa shape index (κ2) is 35.4. The molecule has 0 aromatic rings. The molecule has 0 radical (unpaired) electrons. The number of amides is 1. The monoisotopic (exact) mass is 723 g/mol. The molecule has 0 N–H and O–H groups in total. The van der Waals surface area contributed by atoms with Gasteiger partial charge in [0.1, 0.15) is 13.2 Å². The van der Waals surface area contributed by atoms with E-state index in [0.717, 1.165) is 90.1 Å². The Morgan fingerprint density at radius 1 is 0.471 bits per heavy atom. The number of esters is 2. The number of carbonyl (C=O) groups excluding carboxylic acids is 3. The van der Waals surface area contributed by atoms with Crippen molar-refractivity contribution in [2.75, 3.05) is 39.4 Å². The van der Waals surface area contributed by atoms with E-state index in [2.05, 4.69) is 53.4 Å². The summed E-state index contributed by atoms with van der Waals surface area (Å²) < 4.78 is 11.8. The van der Waals surface area contributed by atoms with Crippen molar-refractivity contribution < 1.29 is 23.9 Å². The maximum absolute atomic E-state index is 13.6. The molecule has 0 rings (SSSR count). The van der Waals surface area contributed by atoms with E-state index < -0.39 is 0 Å². The highest BCUT2D eigenvalue weighted by Crippen LogP contribution is 2.22. The Morgan fingerprint density at radius 3 is 1.08 bits per heavy atom. The molecule has 302 valence electrons. The Labute approximate surface area is 317 Å². The quantitative estimate of drug-likeness (QED) is 0.0469. The second-order valence-corrected chi connectivity index (χ2v) is 15.2. The van der Waals surface area contributed by atoms with Crippen LogP contribution in [0.5, 0.6) is 0 Å². The summed E-state index contributed by atoms with van der Waals surface area (Å²) in [6, 6.07) is 0.106. The fourth-order valence-electron chi connectivity index (χ4n) is 7.20. The topological polar surface area (TPSA) is 76.1 Å². The minimum Gasteiger partial charge on any atom is -0.464 e. The molecular weight excluding hydrogens is 636 g/mol. The third-order valence-corrected chi connectivity index (χ3v) is 10.8. The van der Waals surface area contributed by atoms with E-state index in [1.807, 2.05) is 0 Å². The molecule has 51 heavy (non-hydrogen) atoms. The van der Waals surface area contributed by atoms with Crippen LogP contribution in [0.25, 0.3) is 0 Å². The van der Waals surface area contributed by atoms with Gasteiger partial charge in [0.05, 0.1) is 24.9 Å². The lowest BCUT2D eigenvalue weighted by atomic mass is 9.94. The maximum atomic E-state index is 13.6. The Hall–Kier alpha value is -1.63. The third kappa shape index (κ3) is 26.7. The minimum atomic E-state index is -0.114. The van der Waals surface area contributed by atoms with E-state index in [1.54, 1.807) is 4.90 Å². The highest BCUT2D eigenvalue weighted by Gasteiger charge is 2.24. The SMILES string of the molecule is CCCCCCCC(CCCCCCC)C(=O)OCCN(CCOC(=O)C(CCCCCCC)CCCCCCC)C(=O)CC(C)N(CC)CC. The van der Waals surface area contributed by atoms with Crippen molar-refractivity contribution in [3.63, 3.8) is 0 Å². The fourth-order valence-corrected chi connectivity index (χ4v) is 7.20. The van der Waals surface area contributed by atoms with Gasteiger partial charge in [0.25, 0.3) is 0 Å². The number of unbranched alkanes of at least 4 members (excludes halogenated alkanes) is 16. The van der Waals surface area contributed by atoms with E-state index in [0.29, 0.717) is 19.5 Å². The second-order valence-electron chi connectivity index (χ2n) is 15.2. The van der Waals surface area contributed by atoms with Gasteiger partial charge in [-0.15, -0.1) is 0 Å². The van der Waals surface area contributed by atoms with Crippen molar-refractivity contribution in [2.45, 2.75) is 215 Å². The van der Waals surface area contributed by atoms with Gasteiger partial charge in [-0.1, -0.05) is 170 Å². The summed E-state index contributed by atoms with van der Waals surface area (Å²) in [4.78, 5) is 44.4. The average molecular weight is 723 g/mol. The lowest BCUT2D eigenvalue weighted by Crippen LogP contribution is -2.42. The summed E-state index contributed by atoms with van der Waals surface area (Å²) in [5.41, 5.74) is 0. The van der Waals surface area contributed by atoms with Crippen molar-refractivity contribution >= 4 is 17.8 Å². The van der Waals surface area contributed by atoms with Gasteiger partial charge >= 0.3 is 11.9 Å². The average Bonchev–Trinajstić information content (AvgIpc) is 3.12. The Kier molecular flexibility index (Phi) is 34.3. The van der Waals surface area contributed by atoms with Crippen LogP contribution < -0.4 is 0 Å². The van der Waals surface area contributed by atoms with Crippen molar-refractivity contribution in [3.8, 4) is 0 Å². The predicted octanol–water partition coefficient (Wildman–Crippen LogP) is 11.7. The summed E-state index contributed by atoms with van der Waals surface area (Å²) in [5, 5.41) is 0. The van der Waals surface area contributed by atoms with Gasteiger partial charge in [0.2, 0.25) is 5.91 Å². The zero-order valence-corrected chi connectivity index (χ0v) is 35.1. The van der Waals surface area contributed by atoms with Crippen LogP contribution in [0, 0.1) is 11.8 Å². The Morgan fingerprint density at radius 2 is 0.784 bits per heavy atom. The summed E-state index contributed by atoms with van der Waals surface area (Å²) in [5.74, 6) is -0.341.